The lowest BCUT2D eigenvalue weighted by Gasteiger charge is -2.20. The van der Waals surface area contributed by atoms with Crippen molar-refractivity contribution < 1.29 is 14.4 Å². The summed E-state index contributed by atoms with van der Waals surface area (Å²) in [5.74, 6) is -0.629. The Morgan fingerprint density at radius 2 is 1.94 bits per heavy atom. The minimum atomic E-state index is -0.385. The number of hydrogen-bond acceptors (Lipinski definition) is 5. The molecule has 0 aliphatic carbocycles. The summed E-state index contributed by atoms with van der Waals surface area (Å²) in [5, 5.41) is 9.86. The number of carbonyl (C=O) groups is 3. The first-order valence-electron chi connectivity index (χ1n) is 11.0. The smallest absolute Gasteiger partial charge is 0.272 e. The molecule has 3 rings (SSSR count). The van der Waals surface area contributed by atoms with Crippen molar-refractivity contribution in [3.05, 3.63) is 52.8 Å². The molecule has 1 aliphatic rings. The van der Waals surface area contributed by atoms with Crippen molar-refractivity contribution in [3.8, 4) is 0 Å². The fourth-order valence-corrected chi connectivity index (χ4v) is 3.61. The second kappa shape index (κ2) is 10.9. The van der Waals surface area contributed by atoms with Crippen molar-refractivity contribution in [2.45, 2.75) is 32.9 Å². The van der Waals surface area contributed by atoms with E-state index in [-0.39, 0.29) is 36.4 Å². The third-order valence-corrected chi connectivity index (χ3v) is 5.29. The van der Waals surface area contributed by atoms with Gasteiger partial charge in [-0.2, -0.15) is 5.10 Å². The number of benzene rings is 1. The molecule has 32 heavy (non-hydrogen) atoms. The molecular formula is C23H32N6O3. The summed E-state index contributed by atoms with van der Waals surface area (Å²) in [6.45, 7) is 5.30. The molecule has 1 aromatic carbocycles. The Bertz CT molecular complexity index is 968. The predicted octanol–water partition coefficient (Wildman–Crippen LogP) is 1.04. The van der Waals surface area contributed by atoms with E-state index < -0.39 is 0 Å². The molecular weight excluding hydrogens is 408 g/mol. The summed E-state index contributed by atoms with van der Waals surface area (Å²) < 4.78 is 1.61. The van der Waals surface area contributed by atoms with E-state index in [1.165, 1.54) is 0 Å². The summed E-state index contributed by atoms with van der Waals surface area (Å²) in [6.07, 6.45) is 0.955. The Balaban J connectivity index is 1.56. The van der Waals surface area contributed by atoms with E-state index in [0.29, 0.717) is 31.9 Å². The van der Waals surface area contributed by atoms with Crippen LogP contribution in [0, 0.1) is 6.92 Å². The maximum atomic E-state index is 13.1. The van der Waals surface area contributed by atoms with Gasteiger partial charge < -0.3 is 20.4 Å². The predicted molar refractivity (Wildman–Crippen MR) is 121 cm³/mol. The van der Waals surface area contributed by atoms with Gasteiger partial charge in [0.25, 0.3) is 11.8 Å². The molecule has 0 fully saturated rings. The molecule has 3 amide bonds. The third-order valence-electron chi connectivity index (χ3n) is 5.29. The number of nitrogens with one attached hydrogen (secondary N) is 2. The number of aromatic nitrogens is 2. The van der Waals surface area contributed by atoms with Crippen LogP contribution < -0.4 is 10.6 Å². The number of nitrogens with zero attached hydrogens (tertiary/aromatic N) is 4. The zero-order valence-corrected chi connectivity index (χ0v) is 19.1. The fourth-order valence-electron chi connectivity index (χ4n) is 3.61. The van der Waals surface area contributed by atoms with Gasteiger partial charge in [0.15, 0.2) is 5.69 Å². The van der Waals surface area contributed by atoms with Crippen LogP contribution in [0.15, 0.2) is 30.3 Å². The Morgan fingerprint density at radius 3 is 2.69 bits per heavy atom. The van der Waals surface area contributed by atoms with Crippen LogP contribution in [0.25, 0.3) is 0 Å². The van der Waals surface area contributed by atoms with E-state index in [1.807, 2.05) is 44.1 Å². The lowest BCUT2D eigenvalue weighted by molar-refractivity contribution is -0.120. The van der Waals surface area contributed by atoms with Crippen LogP contribution in [-0.4, -0.2) is 77.6 Å². The molecule has 0 saturated carbocycles. The van der Waals surface area contributed by atoms with Crippen LogP contribution >= 0.6 is 0 Å². The van der Waals surface area contributed by atoms with Gasteiger partial charge in [0, 0.05) is 51.8 Å². The minimum absolute atomic E-state index is 0.116. The average molecular weight is 441 g/mol. The summed E-state index contributed by atoms with van der Waals surface area (Å²) in [6, 6.07) is 9.65. The molecule has 0 atom stereocenters. The SMILES string of the molecule is Cc1cccc(CN2CCCn3nc(C(=O)NCCC(=O)NCCN(C)C)cc3C2=O)c1. The normalized spacial score (nSPS) is 13.6. The monoisotopic (exact) mass is 440 g/mol. The van der Waals surface area contributed by atoms with Gasteiger partial charge in [-0.3, -0.25) is 19.1 Å². The second-order valence-corrected chi connectivity index (χ2v) is 8.37. The van der Waals surface area contributed by atoms with Crippen LogP contribution in [0.1, 0.15) is 44.9 Å². The van der Waals surface area contributed by atoms with Gasteiger partial charge in [-0.25, -0.2) is 0 Å². The van der Waals surface area contributed by atoms with Gasteiger partial charge in [0.05, 0.1) is 0 Å². The van der Waals surface area contributed by atoms with E-state index in [2.05, 4.69) is 21.8 Å². The maximum absolute atomic E-state index is 13.1. The average Bonchev–Trinajstić information content (AvgIpc) is 3.11. The van der Waals surface area contributed by atoms with Crippen LogP contribution in [0.3, 0.4) is 0 Å². The first-order chi connectivity index (χ1) is 15.3. The standard InChI is InChI=1S/C23H32N6O3/c1-17-6-4-7-18(14-17)16-28-11-5-12-29-20(23(28)32)15-19(26-29)22(31)25-9-8-21(30)24-10-13-27(2)3/h4,6-7,14-15H,5,8-13,16H2,1-3H3,(H,24,30)(H,25,31). The van der Waals surface area contributed by atoms with E-state index in [4.69, 9.17) is 0 Å². The Kier molecular flexibility index (Phi) is 7.99. The summed E-state index contributed by atoms with van der Waals surface area (Å²) in [4.78, 5) is 41.2. The van der Waals surface area contributed by atoms with Crippen molar-refractivity contribution in [2.75, 3.05) is 40.3 Å². The summed E-state index contributed by atoms with van der Waals surface area (Å²) in [5.41, 5.74) is 2.84. The van der Waals surface area contributed by atoms with Crippen LogP contribution in [0.5, 0.6) is 0 Å². The van der Waals surface area contributed by atoms with E-state index in [1.54, 1.807) is 15.6 Å². The van der Waals surface area contributed by atoms with Crippen molar-refractivity contribution in [1.82, 2.24) is 30.2 Å². The third kappa shape index (κ3) is 6.40. The van der Waals surface area contributed by atoms with E-state index >= 15 is 0 Å². The summed E-state index contributed by atoms with van der Waals surface area (Å²) >= 11 is 0. The highest BCUT2D eigenvalue weighted by Gasteiger charge is 2.26. The second-order valence-electron chi connectivity index (χ2n) is 8.37. The molecule has 1 aromatic heterocycles. The maximum Gasteiger partial charge on any atom is 0.272 e. The number of carbonyl (C=O) groups excluding carboxylic acids is 3. The zero-order chi connectivity index (χ0) is 23.1. The zero-order valence-electron chi connectivity index (χ0n) is 19.1. The van der Waals surface area contributed by atoms with Gasteiger partial charge >= 0.3 is 0 Å². The number of aryl methyl sites for hydroxylation is 2. The minimum Gasteiger partial charge on any atom is -0.355 e. The van der Waals surface area contributed by atoms with E-state index in [9.17, 15) is 14.4 Å². The first-order valence-corrected chi connectivity index (χ1v) is 11.0. The van der Waals surface area contributed by atoms with Crippen molar-refractivity contribution in [1.29, 1.82) is 0 Å². The van der Waals surface area contributed by atoms with E-state index in [0.717, 1.165) is 24.1 Å². The first kappa shape index (κ1) is 23.5. The highest BCUT2D eigenvalue weighted by molar-refractivity contribution is 5.98. The highest BCUT2D eigenvalue weighted by atomic mass is 16.2. The van der Waals surface area contributed by atoms with Gasteiger partial charge in [-0.15, -0.1) is 0 Å². The molecule has 9 heteroatoms. The molecule has 2 heterocycles. The quantitative estimate of drug-likeness (QED) is 0.607. The number of likely N-dealkylation sites (N-methyl/N-ethyl adjacent to an activating group) is 1. The molecule has 1 aliphatic heterocycles. The Hall–Kier alpha value is -3.20. The molecule has 9 nitrogen and oxygen atoms in total. The van der Waals surface area contributed by atoms with Gasteiger partial charge in [-0.05, 0) is 33.0 Å². The lowest BCUT2D eigenvalue weighted by Crippen LogP contribution is -2.34. The van der Waals surface area contributed by atoms with Crippen molar-refractivity contribution >= 4 is 17.7 Å². The topological polar surface area (TPSA) is 99.6 Å². The highest BCUT2D eigenvalue weighted by Crippen LogP contribution is 2.17. The molecule has 0 radical (unpaired) electrons. The summed E-state index contributed by atoms with van der Waals surface area (Å²) in [7, 11) is 3.87. The molecule has 0 bridgehead atoms. The van der Waals surface area contributed by atoms with Crippen LogP contribution in [-0.2, 0) is 17.9 Å². The van der Waals surface area contributed by atoms with Crippen molar-refractivity contribution in [2.24, 2.45) is 0 Å². The molecule has 0 saturated heterocycles. The molecule has 2 N–H and O–H groups in total. The number of rotatable bonds is 9. The van der Waals surface area contributed by atoms with Gasteiger partial charge in [0.2, 0.25) is 5.91 Å². The molecule has 2 aromatic rings. The Labute approximate surface area is 188 Å². The lowest BCUT2D eigenvalue weighted by atomic mass is 10.1. The fraction of sp³-hybridized carbons (Fsp3) is 0.478. The number of hydrogen-bond donors (Lipinski definition) is 2. The van der Waals surface area contributed by atoms with Gasteiger partial charge in [-0.1, -0.05) is 29.8 Å². The Morgan fingerprint density at radius 1 is 1.12 bits per heavy atom. The largest absolute Gasteiger partial charge is 0.355 e. The molecule has 0 spiro atoms. The number of amides is 3. The molecule has 172 valence electrons. The molecule has 0 unspecified atom stereocenters. The van der Waals surface area contributed by atoms with Crippen molar-refractivity contribution in [3.63, 3.8) is 0 Å². The van der Waals surface area contributed by atoms with Crippen LogP contribution in [0.2, 0.25) is 0 Å². The van der Waals surface area contributed by atoms with Gasteiger partial charge in [0.1, 0.15) is 5.69 Å². The number of fused-ring (bicyclic) bond motifs is 1. The van der Waals surface area contributed by atoms with Crippen LogP contribution in [0.4, 0.5) is 0 Å².